The molecule has 1 aromatic heterocycles. The Kier molecular flexibility index (Phi) is 7.07. The summed E-state index contributed by atoms with van der Waals surface area (Å²) in [6.07, 6.45) is 3.83. The maximum Gasteiger partial charge on any atom is 0.246 e. The van der Waals surface area contributed by atoms with Crippen molar-refractivity contribution in [1.82, 2.24) is 9.29 Å². The van der Waals surface area contributed by atoms with E-state index in [-0.39, 0.29) is 16.7 Å². The van der Waals surface area contributed by atoms with Gasteiger partial charge in [-0.05, 0) is 49.1 Å². The van der Waals surface area contributed by atoms with Crippen LogP contribution in [-0.2, 0) is 26.0 Å². The molecule has 8 nitrogen and oxygen atoms in total. The fourth-order valence-corrected chi connectivity index (χ4v) is 5.78. The van der Waals surface area contributed by atoms with Crippen molar-refractivity contribution in [2.24, 2.45) is 5.92 Å². The number of ether oxygens (including phenoxy) is 1. The topological polar surface area (TPSA) is 91.8 Å². The third-order valence-electron chi connectivity index (χ3n) is 6.11. The molecule has 0 aliphatic carbocycles. The van der Waals surface area contributed by atoms with Crippen molar-refractivity contribution in [2.45, 2.75) is 31.1 Å². The molecule has 4 rings (SSSR count). The second-order valence-corrected chi connectivity index (χ2v) is 10.1. The molecule has 1 aromatic carbocycles. The van der Waals surface area contributed by atoms with E-state index in [0.717, 1.165) is 12.1 Å². The molecule has 2 aliphatic rings. The number of pyridine rings is 1. The van der Waals surface area contributed by atoms with Gasteiger partial charge in [0.1, 0.15) is 10.7 Å². The number of aryl methyl sites for hydroxylation is 1. The van der Waals surface area contributed by atoms with Crippen LogP contribution < -0.4 is 10.2 Å². The van der Waals surface area contributed by atoms with Crippen LogP contribution in [0.4, 0.5) is 11.5 Å². The smallest absolute Gasteiger partial charge is 0.246 e. The zero-order valence-corrected chi connectivity index (χ0v) is 19.2. The van der Waals surface area contributed by atoms with Crippen LogP contribution in [0.1, 0.15) is 25.3 Å². The number of rotatable bonds is 6. The highest BCUT2D eigenvalue weighted by molar-refractivity contribution is 7.89. The quantitative estimate of drug-likeness (QED) is 0.715. The largest absolute Gasteiger partial charge is 0.379 e. The summed E-state index contributed by atoms with van der Waals surface area (Å²) < 4.78 is 33.2. The number of amides is 1. The highest BCUT2D eigenvalue weighted by Crippen LogP contribution is 2.30. The minimum absolute atomic E-state index is 0.0140. The molecule has 172 valence electrons. The monoisotopic (exact) mass is 458 g/mol. The second-order valence-electron chi connectivity index (χ2n) is 8.15. The molecule has 32 heavy (non-hydrogen) atoms. The van der Waals surface area contributed by atoms with E-state index in [1.54, 1.807) is 18.3 Å². The first-order chi connectivity index (χ1) is 15.5. The van der Waals surface area contributed by atoms with Crippen LogP contribution in [0.3, 0.4) is 0 Å². The van der Waals surface area contributed by atoms with Crippen molar-refractivity contribution >= 4 is 27.4 Å². The predicted molar refractivity (Wildman–Crippen MR) is 123 cm³/mol. The van der Waals surface area contributed by atoms with Gasteiger partial charge in [-0.1, -0.05) is 19.1 Å². The highest BCUT2D eigenvalue weighted by atomic mass is 32.2. The fourth-order valence-electron chi connectivity index (χ4n) is 4.21. The molecule has 2 fully saturated rings. The first-order valence-corrected chi connectivity index (χ1v) is 12.6. The van der Waals surface area contributed by atoms with E-state index in [0.29, 0.717) is 58.1 Å². The number of benzene rings is 1. The van der Waals surface area contributed by atoms with Crippen molar-refractivity contribution in [3.63, 3.8) is 0 Å². The molecule has 9 heteroatoms. The van der Waals surface area contributed by atoms with Crippen molar-refractivity contribution in [1.29, 1.82) is 0 Å². The van der Waals surface area contributed by atoms with Crippen LogP contribution in [-0.4, -0.2) is 63.0 Å². The molecule has 2 saturated heterocycles. The Morgan fingerprint density at radius 2 is 1.88 bits per heavy atom. The van der Waals surface area contributed by atoms with E-state index in [9.17, 15) is 13.2 Å². The van der Waals surface area contributed by atoms with E-state index < -0.39 is 10.0 Å². The Morgan fingerprint density at radius 3 is 2.59 bits per heavy atom. The number of anilines is 2. The van der Waals surface area contributed by atoms with E-state index in [1.807, 2.05) is 29.2 Å². The molecular formula is C23H30N4O4S. The van der Waals surface area contributed by atoms with E-state index in [1.165, 1.54) is 9.87 Å². The Bertz CT molecular complexity index is 1050. The SMILES string of the molecule is CCc1cccc(NC(=O)C2CCN(c3ncccc3S(=O)(=O)N3CCOCC3)CC2)c1. The number of aromatic nitrogens is 1. The lowest BCUT2D eigenvalue weighted by molar-refractivity contribution is -0.120. The van der Waals surface area contributed by atoms with Crippen LogP contribution in [0.2, 0.25) is 0 Å². The minimum atomic E-state index is -3.65. The first-order valence-electron chi connectivity index (χ1n) is 11.2. The Hall–Kier alpha value is -2.49. The number of sulfonamides is 1. The maximum atomic E-state index is 13.2. The molecule has 1 N–H and O–H groups in total. The van der Waals surface area contributed by atoms with Crippen LogP contribution >= 0.6 is 0 Å². The standard InChI is InChI=1S/C23H30N4O4S/c1-2-18-5-3-6-20(17-18)25-23(28)19-8-11-26(12-9-19)22-21(7-4-10-24-22)32(29,30)27-13-15-31-16-14-27/h3-7,10,17,19H,2,8-9,11-16H2,1H3,(H,25,28). The average molecular weight is 459 g/mol. The Morgan fingerprint density at radius 1 is 1.12 bits per heavy atom. The molecule has 2 aromatic rings. The molecule has 0 radical (unpaired) electrons. The number of hydrogen-bond acceptors (Lipinski definition) is 6. The van der Waals surface area contributed by atoms with Crippen LogP contribution in [0.5, 0.6) is 0 Å². The van der Waals surface area contributed by atoms with Crippen LogP contribution in [0, 0.1) is 5.92 Å². The summed E-state index contributed by atoms with van der Waals surface area (Å²) in [6.45, 7) is 4.73. The van der Waals surface area contributed by atoms with Gasteiger partial charge in [-0.2, -0.15) is 4.31 Å². The number of carbonyl (C=O) groups excluding carboxylic acids is 1. The fraction of sp³-hybridized carbons (Fsp3) is 0.478. The molecule has 0 unspecified atom stereocenters. The summed E-state index contributed by atoms with van der Waals surface area (Å²) in [6, 6.07) is 11.2. The molecule has 0 spiro atoms. The normalized spacial score (nSPS) is 18.5. The average Bonchev–Trinajstić information content (AvgIpc) is 2.85. The van der Waals surface area contributed by atoms with Crippen molar-refractivity contribution in [3.8, 4) is 0 Å². The summed E-state index contributed by atoms with van der Waals surface area (Å²) in [7, 11) is -3.65. The zero-order chi connectivity index (χ0) is 22.6. The van der Waals surface area contributed by atoms with E-state index in [2.05, 4.69) is 17.2 Å². The summed E-state index contributed by atoms with van der Waals surface area (Å²) in [4.78, 5) is 19.4. The number of nitrogens with zero attached hydrogens (tertiary/aromatic N) is 3. The third kappa shape index (κ3) is 4.95. The van der Waals surface area contributed by atoms with E-state index >= 15 is 0 Å². The third-order valence-corrected chi connectivity index (χ3v) is 8.03. The maximum absolute atomic E-state index is 13.2. The molecule has 3 heterocycles. The van der Waals surface area contributed by atoms with Crippen molar-refractivity contribution in [3.05, 3.63) is 48.2 Å². The Balaban J connectivity index is 1.43. The minimum Gasteiger partial charge on any atom is -0.379 e. The number of carbonyl (C=O) groups is 1. The first kappa shape index (κ1) is 22.7. The summed E-state index contributed by atoms with van der Waals surface area (Å²) in [5, 5.41) is 3.03. The number of morpholine rings is 1. The lowest BCUT2D eigenvalue weighted by Crippen LogP contribution is -2.42. The van der Waals surface area contributed by atoms with Crippen molar-refractivity contribution < 1.29 is 17.9 Å². The van der Waals surface area contributed by atoms with Gasteiger partial charge >= 0.3 is 0 Å². The number of hydrogen-bond donors (Lipinski definition) is 1. The van der Waals surface area contributed by atoms with E-state index in [4.69, 9.17) is 4.74 Å². The van der Waals surface area contributed by atoms with Gasteiger partial charge < -0.3 is 15.0 Å². The van der Waals surface area contributed by atoms with Gasteiger partial charge in [-0.15, -0.1) is 0 Å². The highest BCUT2D eigenvalue weighted by Gasteiger charge is 2.33. The molecular weight excluding hydrogens is 428 g/mol. The number of piperidine rings is 1. The van der Waals surface area contributed by atoms with Gasteiger partial charge in [0.15, 0.2) is 0 Å². The van der Waals surface area contributed by atoms with Gasteiger partial charge in [0.05, 0.1) is 13.2 Å². The number of nitrogens with one attached hydrogen (secondary N) is 1. The van der Waals surface area contributed by atoms with Gasteiger partial charge in [0.25, 0.3) is 0 Å². The molecule has 0 saturated carbocycles. The lowest BCUT2D eigenvalue weighted by Gasteiger charge is -2.34. The van der Waals surface area contributed by atoms with Crippen LogP contribution in [0.25, 0.3) is 0 Å². The molecule has 0 bridgehead atoms. The molecule has 0 atom stereocenters. The van der Waals surface area contributed by atoms with Gasteiger partial charge in [-0.3, -0.25) is 4.79 Å². The van der Waals surface area contributed by atoms with Gasteiger partial charge in [0.2, 0.25) is 15.9 Å². The Labute approximate surface area is 189 Å². The lowest BCUT2D eigenvalue weighted by atomic mass is 9.95. The molecule has 2 aliphatic heterocycles. The summed E-state index contributed by atoms with van der Waals surface area (Å²) >= 11 is 0. The van der Waals surface area contributed by atoms with Gasteiger partial charge in [-0.25, -0.2) is 13.4 Å². The van der Waals surface area contributed by atoms with Gasteiger partial charge in [0, 0.05) is 44.0 Å². The van der Waals surface area contributed by atoms with Crippen molar-refractivity contribution in [2.75, 3.05) is 49.6 Å². The predicted octanol–water partition coefficient (Wildman–Crippen LogP) is 2.52. The summed E-state index contributed by atoms with van der Waals surface area (Å²) in [5.74, 6) is 0.369. The zero-order valence-electron chi connectivity index (χ0n) is 18.4. The second kappa shape index (κ2) is 9.97. The summed E-state index contributed by atoms with van der Waals surface area (Å²) in [5.41, 5.74) is 2.00. The molecule has 1 amide bonds. The van der Waals surface area contributed by atoms with Crippen LogP contribution in [0.15, 0.2) is 47.5 Å².